The number of aryl methyl sites for hydroxylation is 1. The molecule has 1 aromatic heterocycles. The zero-order valence-electron chi connectivity index (χ0n) is 10.3. The van der Waals surface area contributed by atoms with Gasteiger partial charge in [0.25, 0.3) is 0 Å². The van der Waals surface area contributed by atoms with Crippen LogP contribution in [0.1, 0.15) is 16.2 Å². The summed E-state index contributed by atoms with van der Waals surface area (Å²) in [5.74, 6) is 0.0204. The van der Waals surface area contributed by atoms with Gasteiger partial charge in [0, 0.05) is 16.1 Å². The van der Waals surface area contributed by atoms with Crippen molar-refractivity contribution in [3.05, 3.63) is 53.9 Å². The van der Waals surface area contributed by atoms with E-state index >= 15 is 0 Å². The van der Waals surface area contributed by atoms with Gasteiger partial charge in [0.15, 0.2) is 10.4 Å². The summed E-state index contributed by atoms with van der Waals surface area (Å²) in [6, 6.07) is 7.21. The SMILES string of the molecule is Cc1nc([N+](=O)[O-])c(Br)n1CC(=O)c1ccccc1I. The van der Waals surface area contributed by atoms with Gasteiger partial charge < -0.3 is 10.1 Å². The molecule has 0 N–H and O–H groups in total. The van der Waals surface area contributed by atoms with Gasteiger partial charge in [-0.2, -0.15) is 0 Å². The van der Waals surface area contributed by atoms with Gasteiger partial charge in [0.2, 0.25) is 5.82 Å². The predicted molar refractivity (Wildman–Crippen MR) is 84.8 cm³/mol. The van der Waals surface area contributed by atoms with Gasteiger partial charge in [-0.3, -0.25) is 9.36 Å². The Morgan fingerprint density at radius 1 is 1.50 bits per heavy atom. The topological polar surface area (TPSA) is 78.0 Å². The van der Waals surface area contributed by atoms with Gasteiger partial charge in [-0.1, -0.05) is 18.2 Å². The van der Waals surface area contributed by atoms with Crippen LogP contribution in [0.2, 0.25) is 0 Å². The fourth-order valence-corrected chi connectivity index (χ4v) is 3.04. The molecule has 1 heterocycles. The Bertz CT molecular complexity index is 699. The third-order valence-corrected chi connectivity index (χ3v) is 4.45. The molecule has 8 heteroatoms. The van der Waals surface area contributed by atoms with Crippen LogP contribution < -0.4 is 0 Å². The average Bonchev–Trinajstić information content (AvgIpc) is 2.67. The second-order valence-corrected chi connectivity index (χ2v) is 5.93. The van der Waals surface area contributed by atoms with E-state index in [1.54, 1.807) is 19.1 Å². The van der Waals surface area contributed by atoms with E-state index in [4.69, 9.17) is 0 Å². The van der Waals surface area contributed by atoms with Crippen LogP contribution in [-0.4, -0.2) is 20.3 Å². The first kappa shape index (κ1) is 15.1. The number of ketones is 1. The normalized spacial score (nSPS) is 10.6. The van der Waals surface area contributed by atoms with E-state index in [1.807, 2.05) is 12.1 Å². The van der Waals surface area contributed by atoms with Crippen molar-refractivity contribution in [3.63, 3.8) is 0 Å². The maximum absolute atomic E-state index is 12.3. The van der Waals surface area contributed by atoms with Crippen LogP contribution in [0.3, 0.4) is 0 Å². The van der Waals surface area contributed by atoms with Gasteiger partial charge in [-0.25, -0.2) is 0 Å². The summed E-state index contributed by atoms with van der Waals surface area (Å²) in [7, 11) is 0. The largest absolute Gasteiger partial charge is 0.396 e. The van der Waals surface area contributed by atoms with Crippen LogP contribution in [0.15, 0.2) is 28.9 Å². The zero-order valence-corrected chi connectivity index (χ0v) is 14.1. The molecule has 0 amide bonds. The lowest BCUT2D eigenvalue weighted by atomic mass is 10.1. The number of benzene rings is 1. The Balaban J connectivity index is 2.34. The maximum Gasteiger partial charge on any atom is 0.396 e. The molecule has 0 saturated carbocycles. The van der Waals surface area contributed by atoms with Crippen molar-refractivity contribution in [2.75, 3.05) is 0 Å². The minimum atomic E-state index is -0.579. The molecular formula is C12H9BrIN3O3. The molecular weight excluding hydrogens is 441 g/mol. The second-order valence-electron chi connectivity index (χ2n) is 4.02. The van der Waals surface area contributed by atoms with E-state index in [-0.39, 0.29) is 22.7 Å². The Morgan fingerprint density at radius 2 is 2.15 bits per heavy atom. The number of carbonyl (C=O) groups is 1. The van der Waals surface area contributed by atoms with Crippen molar-refractivity contribution < 1.29 is 9.72 Å². The molecule has 2 aromatic rings. The summed E-state index contributed by atoms with van der Waals surface area (Å²) in [5, 5.41) is 10.8. The molecule has 104 valence electrons. The summed E-state index contributed by atoms with van der Waals surface area (Å²) >= 11 is 5.21. The minimum absolute atomic E-state index is 0.00721. The molecule has 0 saturated heterocycles. The lowest BCUT2D eigenvalue weighted by Crippen LogP contribution is -2.13. The number of hydrogen-bond acceptors (Lipinski definition) is 4. The molecule has 1 aromatic carbocycles. The Morgan fingerprint density at radius 3 is 2.70 bits per heavy atom. The summed E-state index contributed by atoms with van der Waals surface area (Å²) in [5.41, 5.74) is 0.593. The number of nitro groups is 1. The number of rotatable bonds is 4. The van der Waals surface area contributed by atoms with Crippen molar-refractivity contribution >= 4 is 50.1 Å². The number of hydrogen-bond donors (Lipinski definition) is 0. The Kier molecular flexibility index (Phi) is 4.53. The summed E-state index contributed by atoms with van der Waals surface area (Å²) in [6.07, 6.45) is 0. The Hall–Kier alpha value is -1.29. The minimum Gasteiger partial charge on any atom is -0.358 e. The summed E-state index contributed by atoms with van der Waals surface area (Å²) < 4.78 is 2.54. The van der Waals surface area contributed by atoms with Crippen LogP contribution >= 0.6 is 38.5 Å². The standard InChI is InChI=1S/C12H9BrIN3O3/c1-7-15-12(17(19)20)11(13)16(7)6-10(18)8-4-2-3-5-9(8)14/h2-5H,6H2,1H3. The molecule has 0 unspecified atom stereocenters. The van der Waals surface area contributed by atoms with Gasteiger partial charge in [-0.15, -0.1) is 0 Å². The third kappa shape index (κ3) is 2.90. The zero-order chi connectivity index (χ0) is 14.9. The molecule has 20 heavy (non-hydrogen) atoms. The second kappa shape index (κ2) is 6.00. The van der Waals surface area contributed by atoms with Crippen LogP contribution in [0.5, 0.6) is 0 Å². The van der Waals surface area contributed by atoms with Gasteiger partial charge >= 0.3 is 5.82 Å². The lowest BCUT2D eigenvalue weighted by Gasteiger charge is -2.05. The maximum atomic E-state index is 12.3. The molecule has 0 spiro atoms. The highest BCUT2D eigenvalue weighted by Gasteiger charge is 2.25. The first-order valence-corrected chi connectivity index (χ1v) is 7.43. The van der Waals surface area contributed by atoms with E-state index in [0.717, 1.165) is 3.57 Å². The number of carbonyl (C=O) groups excluding carboxylic acids is 1. The molecule has 0 aliphatic rings. The first-order valence-electron chi connectivity index (χ1n) is 5.56. The van der Waals surface area contributed by atoms with Crippen LogP contribution in [0, 0.1) is 20.6 Å². The van der Waals surface area contributed by atoms with E-state index in [0.29, 0.717) is 11.4 Å². The number of halogens is 2. The highest BCUT2D eigenvalue weighted by atomic mass is 127. The summed E-state index contributed by atoms with van der Waals surface area (Å²) in [4.78, 5) is 26.3. The lowest BCUT2D eigenvalue weighted by molar-refractivity contribution is -0.390. The van der Waals surface area contributed by atoms with Crippen molar-refractivity contribution in [2.24, 2.45) is 0 Å². The number of imidazole rings is 1. The molecule has 2 rings (SSSR count). The number of nitrogens with zero attached hydrogens (tertiary/aromatic N) is 3. The number of Topliss-reactive ketones (excluding diaryl/α,β-unsaturated/α-hetero) is 1. The molecule has 0 aliphatic carbocycles. The summed E-state index contributed by atoms with van der Waals surface area (Å²) in [6.45, 7) is 1.63. The fourth-order valence-electron chi connectivity index (χ4n) is 1.74. The fraction of sp³-hybridized carbons (Fsp3) is 0.167. The predicted octanol–water partition coefficient (Wildman–Crippen LogP) is 3.35. The van der Waals surface area contributed by atoms with Crippen LogP contribution in [0.4, 0.5) is 5.82 Å². The van der Waals surface area contributed by atoms with E-state index in [9.17, 15) is 14.9 Å². The van der Waals surface area contributed by atoms with Crippen molar-refractivity contribution in [1.29, 1.82) is 0 Å². The first-order chi connectivity index (χ1) is 9.41. The van der Waals surface area contributed by atoms with Crippen molar-refractivity contribution in [3.8, 4) is 0 Å². The van der Waals surface area contributed by atoms with Gasteiger partial charge in [0.05, 0.1) is 6.54 Å². The van der Waals surface area contributed by atoms with Crippen LogP contribution in [0.25, 0.3) is 0 Å². The molecule has 0 aliphatic heterocycles. The molecule has 0 fully saturated rings. The third-order valence-electron chi connectivity index (χ3n) is 2.73. The molecule has 0 bridgehead atoms. The quantitative estimate of drug-likeness (QED) is 0.310. The monoisotopic (exact) mass is 449 g/mol. The molecule has 6 nitrogen and oxygen atoms in total. The highest BCUT2D eigenvalue weighted by Crippen LogP contribution is 2.26. The van der Waals surface area contributed by atoms with Gasteiger partial charge in [0.1, 0.15) is 0 Å². The highest BCUT2D eigenvalue weighted by molar-refractivity contribution is 14.1. The van der Waals surface area contributed by atoms with Crippen molar-refractivity contribution in [1.82, 2.24) is 9.55 Å². The average molecular weight is 450 g/mol. The smallest absolute Gasteiger partial charge is 0.358 e. The Labute approximate surface area is 136 Å². The van der Waals surface area contributed by atoms with E-state index < -0.39 is 4.92 Å². The van der Waals surface area contributed by atoms with E-state index in [1.165, 1.54) is 4.57 Å². The van der Waals surface area contributed by atoms with Gasteiger partial charge in [-0.05, 0) is 54.5 Å². The number of aromatic nitrogens is 2. The van der Waals surface area contributed by atoms with E-state index in [2.05, 4.69) is 43.5 Å². The molecule has 0 radical (unpaired) electrons. The molecule has 0 atom stereocenters. The van der Waals surface area contributed by atoms with Crippen LogP contribution in [-0.2, 0) is 6.54 Å². The van der Waals surface area contributed by atoms with Crippen molar-refractivity contribution in [2.45, 2.75) is 13.5 Å².